The van der Waals surface area contributed by atoms with Gasteiger partial charge in [0.1, 0.15) is 6.04 Å². The van der Waals surface area contributed by atoms with Crippen LogP contribution in [0.1, 0.15) is 59.3 Å². The Labute approximate surface area is 208 Å². The number of likely N-dealkylation sites (tertiary alicyclic amines) is 1. The van der Waals surface area contributed by atoms with Crippen LogP contribution < -0.4 is 0 Å². The van der Waals surface area contributed by atoms with Gasteiger partial charge >= 0.3 is 5.97 Å². The minimum Gasteiger partial charge on any atom is -0.465 e. The second-order valence-corrected chi connectivity index (χ2v) is 11.3. The highest BCUT2D eigenvalue weighted by atomic mass is 32.2. The minimum absolute atomic E-state index is 0.000346. The zero-order valence-corrected chi connectivity index (χ0v) is 21.6. The van der Waals surface area contributed by atoms with Gasteiger partial charge in [-0.15, -0.1) is 24.9 Å². The summed E-state index contributed by atoms with van der Waals surface area (Å²) < 4.78 is 4.85. The third kappa shape index (κ3) is 4.43. The third-order valence-corrected chi connectivity index (χ3v) is 9.69. The topological polar surface area (TPSA) is 87.2 Å². The highest BCUT2D eigenvalue weighted by molar-refractivity contribution is 8.02. The molecule has 1 spiro atoms. The van der Waals surface area contributed by atoms with Crippen LogP contribution in [0.15, 0.2) is 25.3 Å². The Balaban J connectivity index is 2.03. The maximum Gasteiger partial charge on any atom is 0.310 e. The molecule has 3 aliphatic rings. The van der Waals surface area contributed by atoms with Gasteiger partial charge in [-0.1, -0.05) is 32.4 Å². The molecule has 0 radical (unpaired) electrons. The van der Waals surface area contributed by atoms with E-state index in [-0.39, 0.29) is 42.3 Å². The van der Waals surface area contributed by atoms with Crippen LogP contribution in [0.2, 0.25) is 0 Å². The molecule has 3 unspecified atom stereocenters. The van der Waals surface area contributed by atoms with E-state index in [9.17, 15) is 19.5 Å². The van der Waals surface area contributed by atoms with Crippen LogP contribution in [0.4, 0.5) is 0 Å². The second-order valence-electron chi connectivity index (χ2n) is 9.71. The molecule has 1 N–H and O–H groups in total. The molecule has 0 saturated carbocycles. The molecule has 7 atom stereocenters. The van der Waals surface area contributed by atoms with E-state index in [0.29, 0.717) is 25.8 Å². The lowest BCUT2D eigenvalue weighted by molar-refractivity contribution is -0.154. The largest absolute Gasteiger partial charge is 0.465 e. The van der Waals surface area contributed by atoms with Crippen molar-refractivity contribution in [2.45, 2.75) is 87.4 Å². The summed E-state index contributed by atoms with van der Waals surface area (Å²) in [4.78, 5) is 44.7. The first-order valence-corrected chi connectivity index (χ1v) is 13.5. The van der Waals surface area contributed by atoms with Gasteiger partial charge in [0.15, 0.2) is 0 Å². The Bertz CT molecular complexity index is 800. The fourth-order valence-electron chi connectivity index (χ4n) is 6.14. The van der Waals surface area contributed by atoms with Crippen LogP contribution in [-0.2, 0) is 19.1 Å². The van der Waals surface area contributed by atoms with E-state index in [0.717, 1.165) is 19.3 Å². The highest BCUT2D eigenvalue weighted by Crippen LogP contribution is 2.67. The van der Waals surface area contributed by atoms with Crippen molar-refractivity contribution in [1.82, 2.24) is 9.80 Å². The molecule has 3 saturated heterocycles. The molecule has 2 amide bonds. The number of aliphatic hydroxyl groups is 1. The summed E-state index contributed by atoms with van der Waals surface area (Å²) in [5.74, 6) is -1.81. The molecule has 7 nitrogen and oxygen atoms in total. The predicted octanol–water partition coefficient (Wildman–Crippen LogP) is 3.17. The number of carbonyl (C=O) groups is 3. The molecule has 34 heavy (non-hydrogen) atoms. The Hall–Kier alpha value is -1.80. The van der Waals surface area contributed by atoms with Gasteiger partial charge in [-0.25, -0.2) is 0 Å². The molecule has 2 bridgehead atoms. The summed E-state index contributed by atoms with van der Waals surface area (Å²) in [5, 5.41) is 10.1. The maximum absolute atomic E-state index is 14.2. The molecule has 8 heteroatoms. The normalized spacial score (nSPS) is 31.2. The van der Waals surface area contributed by atoms with Gasteiger partial charge in [-0.2, -0.15) is 0 Å². The molecule has 3 aliphatic heterocycles. The predicted molar refractivity (Wildman–Crippen MR) is 134 cm³/mol. The molecule has 0 aromatic carbocycles. The number of fused-ring (bicyclic) bond motifs is 1. The average Bonchev–Trinajstić information content (AvgIpc) is 3.46. The lowest BCUT2D eigenvalue weighted by atomic mass is 9.71. The molecule has 0 aliphatic carbocycles. The van der Waals surface area contributed by atoms with E-state index in [4.69, 9.17) is 4.74 Å². The average molecular weight is 493 g/mol. The van der Waals surface area contributed by atoms with Crippen molar-refractivity contribution in [1.29, 1.82) is 0 Å². The van der Waals surface area contributed by atoms with Crippen LogP contribution in [0.3, 0.4) is 0 Å². The Kier molecular flexibility index (Phi) is 8.90. The minimum atomic E-state index is -0.706. The van der Waals surface area contributed by atoms with E-state index in [1.807, 2.05) is 18.7 Å². The van der Waals surface area contributed by atoms with Crippen molar-refractivity contribution in [3.63, 3.8) is 0 Å². The van der Waals surface area contributed by atoms with E-state index in [2.05, 4.69) is 20.1 Å². The van der Waals surface area contributed by atoms with Gasteiger partial charge in [0.05, 0.1) is 35.8 Å². The molecule has 190 valence electrons. The van der Waals surface area contributed by atoms with E-state index >= 15 is 0 Å². The Morgan fingerprint density at radius 1 is 1.35 bits per heavy atom. The van der Waals surface area contributed by atoms with Gasteiger partial charge in [-0.05, 0) is 39.0 Å². The quantitative estimate of drug-likeness (QED) is 0.241. The molecule has 0 aromatic heterocycles. The van der Waals surface area contributed by atoms with Crippen LogP contribution >= 0.6 is 11.8 Å². The fourth-order valence-corrected chi connectivity index (χ4v) is 8.33. The number of carbonyl (C=O) groups excluding carboxylic acids is 3. The lowest BCUT2D eigenvalue weighted by Gasteiger charge is -2.41. The standard InChI is InChI=1S/C26H40N2O5S/c1-6-10-15-33-25(32)20-19-12-13-26(34-19)21(20)23(30)28(18(9-4)16-29)22(26)24(31)27(14-8-3)17(5)11-7-2/h6,8,17-22,29H,1,3,7,9-16H2,2,4-5H3/t17?,18-,19-,20+,21-,22?,26?/m0/s1. The zero-order chi connectivity index (χ0) is 25.0. The van der Waals surface area contributed by atoms with Gasteiger partial charge in [-0.3, -0.25) is 14.4 Å². The highest BCUT2D eigenvalue weighted by Gasteiger charge is 2.74. The van der Waals surface area contributed by atoms with E-state index in [1.54, 1.807) is 28.8 Å². The number of ether oxygens (including phenoxy) is 1. The maximum atomic E-state index is 14.2. The summed E-state index contributed by atoms with van der Waals surface area (Å²) in [7, 11) is 0. The first kappa shape index (κ1) is 26.8. The van der Waals surface area contributed by atoms with Crippen molar-refractivity contribution in [3.05, 3.63) is 25.3 Å². The number of hydrogen-bond acceptors (Lipinski definition) is 6. The van der Waals surface area contributed by atoms with Gasteiger partial charge in [0, 0.05) is 17.8 Å². The lowest BCUT2D eigenvalue weighted by Crippen LogP contribution is -2.58. The van der Waals surface area contributed by atoms with E-state index < -0.39 is 28.7 Å². The molecular weight excluding hydrogens is 452 g/mol. The number of nitrogens with zero attached hydrogens (tertiary/aromatic N) is 2. The first-order valence-electron chi connectivity index (χ1n) is 12.6. The van der Waals surface area contributed by atoms with Crippen molar-refractivity contribution < 1.29 is 24.2 Å². The monoisotopic (exact) mass is 492 g/mol. The number of amides is 2. The molecule has 3 fully saturated rings. The summed E-state index contributed by atoms with van der Waals surface area (Å²) >= 11 is 1.63. The molecule has 3 heterocycles. The second kappa shape index (κ2) is 11.3. The number of esters is 1. The summed E-state index contributed by atoms with van der Waals surface area (Å²) in [6, 6.07) is -1.17. The number of hydrogen-bond donors (Lipinski definition) is 1. The summed E-state index contributed by atoms with van der Waals surface area (Å²) in [6.07, 6.45) is 7.77. The van der Waals surface area contributed by atoms with Crippen molar-refractivity contribution in [3.8, 4) is 0 Å². The molecule has 3 rings (SSSR count). The number of aliphatic hydroxyl groups excluding tert-OH is 1. The molecular formula is C26H40N2O5S. The van der Waals surface area contributed by atoms with Crippen LogP contribution in [0, 0.1) is 11.8 Å². The number of thioether (sulfide) groups is 1. The van der Waals surface area contributed by atoms with Gasteiger partial charge < -0.3 is 19.6 Å². The Morgan fingerprint density at radius 3 is 2.68 bits per heavy atom. The smallest absolute Gasteiger partial charge is 0.310 e. The zero-order valence-electron chi connectivity index (χ0n) is 20.8. The fraction of sp³-hybridized carbons (Fsp3) is 0.731. The molecule has 0 aromatic rings. The van der Waals surface area contributed by atoms with Crippen LogP contribution in [-0.4, -0.2) is 80.6 Å². The first-order chi connectivity index (χ1) is 16.3. The van der Waals surface area contributed by atoms with Crippen LogP contribution in [0.25, 0.3) is 0 Å². The summed E-state index contributed by atoms with van der Waals surface area (Å²) in [5.41, 5.74) is 0. The Morgan fingerprint density at radius 2 is 2.09 bits per heavy atom. The van der Waals surface area contributed by atoms with Gasteiger partial charge in [0.25, 0.3) is 0 Å². The van der Waals surface area contributed by atoms with Crippen molar-refractivity contribution >= 4 is 29.5 Å². The van der Waals surface area contributed by atoms with Crippen molar-refractivity contribution in [2.24, 2.45) is 11.8 Å². The third-order valence-electron chi connectivity index (χ3n) is 7.73. The SMILES string of the molecule is C=CCCOC(=O)[C@@H]1[C@@H]2CCC3(S2)C(C(=O)N(CC=C)C(C)CCC)N([C@@H](CC)CO)C(=O)[C@H]13. The number of rotatable bonds is 13. The van der Waals surface area contributed by atoms with E-state index in [1.165, 1.54) is 0 Å². The van der Waals surface area contributed by atoms with Crippen molar-refractivity contribution in [2.75, 3.05) is 19.8 Å². The summed E-state index contributed by atoms with van der Waals surface area (Å²) in [6.45, 7) is 14.0. The van der Waals surface area contributed by atoms with Gasteiger partial charge in [0.2, 0.25) is 11.8 Å². The van der Waals surface area contributed by atoms with Crippen LogP contribution in [0.5, 0.6) is 0 Å².